The summed E-state index contributed by atoms with van der Waals surface area (Å²) in [4.78, 5) is 58.2. The van der Waals surface area contributed by atoms with E-state index in [0.717, 1.165) is 0 Å². The number of amides is 4. The average Bonchev–Trinajstić information content (AvgIpc) is 3.91. The largest absolute Gasteiger partial charge is 0.444 e. The van der Waals surface area contributed by atoms with Crippen molar-refractivity contribution in [3.05, 3.63) is 76.9 Å². The van der Waals surface area contributed by atoms with E-state index in [1.807, 2.05) is 6.08 Å². The molecule has 2 aromatic carbocycles. The van der Waals surface area contributed by atoms with E-state index in [0.29, 0.717) is 61.8 Å². The molecule has 0 unspecified atom stereocenters. The number of carbonyl (C=O) groups excluding carboxylic acids is 4. The Morgan fingerprint density at radius 2 is 1.74 bits per heavy atom. The molecule has 4 amide bonds. The van der Waals surface area contributed by atoms with Gasteiger partial charge in [0, 0.05) is 42.3 Å². The van der Waals surface area contributed by atoms with Gasteiger partial charge in [-0.25, -0.2) is 30.8 Å². The number of halogens is 4. The molecule has 3 heterocycles. The zero-order valence-electron chi connectivity index (χ0n) is 29.5. The lowest BCUT2D eigenvalue weighted by Gasteiger charge is -2.30. The van der Waals surface area contributed by atoms with Crippen LogP contribution in [0.4, 0.5) is 28.0 Å². The first-order valence-electron chi connectivity index (χ1n) is 18.1. The molecule has 12 nitrogen and oxygen atoms in total. The second-order valence-electron chi connectivity index (χ2n) is 15.2. The number of hydrogen-bond donors (Lipinski definition) is 3. The Morgan fingerprint density at radius 3 is 2.44 bits per heavy atom. The summed E-state index contributed by atoms with van der Waals surface area (Å²) in [5, 5.41) is 5.54. The third kappa shape index (κ3) is 7.26. The number of carbonyl (C=O) groups is 4. The molecule has 0 aromatic heterocycles. The topological polar surface area (TPSA) is 154 Å². The Morgan fingerprint density at radius 1 is 1.00 bits per heavy atom. The molecule has 3 aliphatic heterocycles. The van der Waals surface area contributed by atoms with E-state index in [1.165, 1.54) is 28.9 Å². The van der Waals surface area contributed by atoms with Crippen molar-refractivity contribution in [2.75, 3.05) is 11.9 Å². The van der Waals surface area contributed by atoms with Crippen molar-refractivity contribution >= 4 is 39.5 Å². The number of sulfonamides is 1. The first-order chi connectivity index (χ1) is 25.6. The molecule has 5 aliphatic rings. The molecule has 3 N–H and O–H groups in total. The molecular formula is C37H41F4N5O7S. The van der Waals surface area contributed by atoms with Crippen LogP contribution in [-0.4, -0.2) is 77.1 Å². The van der Waals surface area contributed by atoms with Crippen LogP contribution in [0.3, 0.4) is 0 Å². The molecule has 5 atom stereocenters. The second kappa shape index (κ2) is 14.2. The van der Waals surface area contributed by atoms with Crippen LogP contribution >= 0.6 is 0 Å². The van der Waals surface area contributed by atoms with Crippen molar-refractivity contribution < 1.29 is 49.9 Å². The van der Waals surface area contributed by atoms with Gasteiger partial charge in [0.25, 0.3) is 5.91 Å². The SMILES string of the molecule is CC1(S(=O)(=O)NC(=O)[C@@]23C[C@H]2C=CCCCCC[C@H](Nc2cc(F)c(F)c(F)c2)C(=O)N2C[C@H](OC(=O)N4Cc5cccc(F)c5C4)C[C@H]2C(=O)N3)CC1. The Bertz CT molecular complexity index is 2010. The minimum atomic E-state index is -4.07. The minimum absolute atomic E-state index is 0.0502. The molecule has 0 bridgehead atoms. The van der Waals surface area contributed by atoms with Gasteiger partial charge < -0.3 is 20.3 Å². The van der Waals surface area contributed by atoms with E-state index < -0.39 is 91.5 Å². The third-order valence-electron chi connectivity index (χ3n) is 11.3. The van der Waals surface area contributed by atoms with Gasteiger partial charge in [0.15, 0.2) is 17.5 Å². The molecule has 2 aromatic rings. The summed E-state index contributed by atoms with van der Waals surface area (Å²) >= 11 is 0. The van der Waals surface area contributed by atoms with Gasteiger partial charge in [-0.2, -0.15) is 0 Å². The summed E-state index contributed by atoms with van der Waals surface area (Å²) in [7, 11) is -4.07. The van der Waals surface area contributed by atoms with Gasteiger partial charge in [0.05, 0.1) is 17.8 Å². The van der Waals surface area contributed by atoms with E-state index in [-0.39, 0.29) is 44.6 Å². The predicted molar refractivity (Wildman–Crippen MR) is 186 cm³/mol. The van der Waals surface area contributed by atoms with E-state index in [9.17, 15) is 45.2 Å². The molecule has 0 radical (unpaired) electrons. The number of hydrogen-bond acceptors (Lipinski definition) is 8. The van der Waals surface area contributed by atoms with Crippen LogP contribution in [0.25, 0.3) is 0 Å². The maximum atomic E-state index is 14.4. The highest BCUT2D eigenvalue weighted by Gasteiger charge is 2.63. The summed E-state index contributed by atoms with van der Waals surface area (Å²) in [5.74, 6) is -8.01. The van der Waals surface area contributed by atoms with Crippen molar-refractivity contribution in [1.29, 1.82) is 0 Å². The van der Waals surface area contributed by atoms with E-state index >= 15 is 0 Å². The molecule has 2 aliphatic carbocycles. The molecule has 3 fully saturated rings. The van der Waals surface area contributed by atoms with E-state index in [2.05, 4.69) is 15.4 Å². The van der Waals surface area contributed by atoms with Gasteiger partial charge in [0.2, 0.25) is 21.8 Å². The van der Waals surface area contributed by atoms with E-state index in [4.69, 9.17) is 4.74 Å². The monoisotopic (exact) mass is 775 g/mol. The highest BCUT2D eigenvalue weighted by molar-refractivity contribution is 7.91. The molecular weight excluding hydrogens is 734 g/mol. The maximum absolute atomic E-state index is 14.4. The highest BCUT2D eigenvalue weighted by Crippen LogP contribution is 2.47. The standard InChI is InChI=1S/C37H41F4N5O7S/c1-36(12-13-36)54(51,52)44-34(49)37-17-22(37)9-5-3-2-4-6-11-29(42-23-14-27(39)31(41)28(40)15-23)33(48)46-19-24(16-30(46)32(47)43-37)53-35(50)45-18-21-8-7-10-26(38)25(21)20-45/h5,7-10,14-15,22,24,29-30,42H,2-4,6,11-13,16-20H2,1H3,(H,43,47)(H,44,49)/t22-,24-,29+,30+,37-/m1/s1. The average molecular weight is 776 g/mol. The van der Waals surface area contributed by atoms with Crippen LogP contribution in [0.2, 0.25) is 0 Å². The zero-order valence-corrected chi connectivity index (χ0v) is 30.3. The van der Waals surface area contributed by atoms with Gasteiger partial charge in [-0.1, -0.05) is 37.1 Å². The number of fused-ring (bicyclic) bond motifs is 3. The number of allylic oxidation sites excluding steroid dienone is 1. The lowest BCUT2D eigenvalue weighted by atomic mass is 10.0. The number of benzene rings is 2. The Hall–Kier alpha value is -4.67. The van der Waals surface area contributed by atoms with Crippen molar-refractivity contribution in [2.45, 2.75) is 106 Å². The fraction of sp³-hybridized carbons (Fsp3) is 0.514. The summed E-state index contributed by atoms with van der Waals surface area (Å²) < 4.78 is 89.6. The second-order valence-corrected chi connectivity index (χ2v) is 17.4. The molecule has 0 spiro atoms. The number of anilines is 1. The van der Waals surface area contributed by atoms with Crippen LogP contribution in [0.1, 0.15) is 75.8 Å². The number of nitrogens with zero attached hydrogens (tertiary/aromatic N) is 2. The molecule has 7 rings (SSSR count). The van der Waals surface area contributed by atoms with E-state index in [1.54, 1.807) is 12.1 Å². The van der Waals surface area contributed by atoms with Crippen LogP contribution in [0.15, 0.2) is 42.5 Å². The van der Waals surface area contributed by atoms with Crippen LogP contribution in [-0.2, 0) is 42.2 Å². The predicted octanol–water partition coefficient (Wildman–Crippen LogP) is 4.54. The quantitative estimate of drug-likeness (QED) is 0.220. The Kier molecular flexibility index (Phi) is 9.89. The first-order valence-corrected chi connectivity index (χ1v) is 19.6. The fourth-order valence-corrected chi connectivity index (χ4v) is 8.83. The molecule has 17 heteroatoms. The van der Waals surface area contributed by atoms with Gasteiger partial charge in [-0.15, -0.1) is 0 Å². The Balaban J connectivity index is 1.16. The summed E-state index contributed by atoms with van der Waals surface area (Å²) in [5.41, 5.74) is -0.893. The molecule has 54 heavy (non-hydrogen) atoms. The lowest BCUT2D eigenvalue weighted by Crippen LogP contribution is -2.58. The zero-order chi connectivity index (χ0) is 38.6. The van der Waals surface area contributed by atoms with Crippen LogP contribution in [0.5, 0.6) is 0 Å². The minimum Gasteiger partial charge on any atom is -0.444 e. The first kappa shape index (κ1) is 37.6. The van der Waals surface area contributed by atoms with Crippen molar-refractivity contribution in [3.8, 4) is 0 Å². The highest BCUT2D eigenvalue weighted by atomic mass is 32.2. The molecule has 1 saturated heterocycles. The van der Waals surface area contributed by atoms with Crippen molar-refractivity contribution in [2.24, 2.45) is 5.92 Å². The van der Waals surface area contributed by atoms with Gasteiger partial charge in [-0.05, 0) is 57.1 Å². The lowest BCUT2D eigenvalue weighted by molar-refractivity contribution is -0.140. The van der Waals surface area contributed by atoms with Gasteiger partial charge in [0.1, 0.15) is 29.5 Å². The van der Waals surface area contributed by atoms with Crippen LogP contribution < -0.4 is 15.4 Å². The van der Waals surface area contributed by atoms with Gasteiger partial charge >= 0.3 is 6.09 Å². The fourth-order valence-electron chi connectivity index (χ4n) is 7.51. The Labute approximate surface area is 309 Å². The van der Waals surface area contributed by atoms with Gasteiger partial charge in [-0.3, -0.25) is 24.0 Å². The smallest absolute Gasteiger partial charge is 0.410 e. The number of nitrogens with one attached hydrogen (secondary N) is 3. The number of ether oxygens (including phenoxy) is 1. The van der Waals surface area contributed by atoms with Crippen LogP contribution in [0, 0.1) is 29.2 Å². The summed E-state index contributed by atoms with van der Waals surface area (Å²) in [6, 6.07) is 3.45. The van der Waals surface area contributed by atoms with Crippen molar-refractivity contribution in [3.63, 3.8) is 0 Å². The normalized spacial score (nSPS) is 27.8. The maximum Gasteiger partial charge on any atom is 0.410 e. The number of rotatable bonds is 6. The summed E-state index contributed by atoms with van der Waals surface area (Å²) in [6.45, 7) is 1.28. The molecule has 290 valence electrons. The molecule has 2 saturated carbocycles. The summed E-state index contributed by atoms with van der Waals surface area (Å²) in [6.07, 6.45) is 4.96. The van der Waals surface area contributed by atoms with Crippen molar-refractivity contribution in [1.82, 2.24) is 19.8 Å². The third-order valence-corrected chi connectivity index (χ3v) is 13.4.